The zero-order chi connectivity index (χ0) is 24.3. The third-order valence-corrected chi connectivity index (χ3v) is 6.28. The Kier molecular flexibility index (Phi) is 6.51. The molecule has 1 aliphatic rings. The first-order chi connectivity index (χ1) is 16.2. The third-order valence-electron chi connectivity index (χ3n) is 4.97. The number of hydrogen-bond acceptors (Lipinski definition) is 10. The van der Waals surface area contributed by atoms with E-state index in [1.165, 1.54) is 35.0 Å². The summed E-state index contributed by atoms with van der Waals surface area (Å²) in [5.41, 5.74) is -0.376. The van der Waals surface area contributed by atoms with E-state index in [1.54, 1.807) is 12.3 Å². The Morgan fingerprint density at radius 3 is 2.47 bits per heavy atom. The molecular weight excluding hydrogens is 469 g/mol. The molecule has 178 valence electrons. The summed E-state index contributed by atoms with van der Waals surface area (Å²) in [6, 6.07) is 7.79. The van der Waals surface area contributed by atoms with Crippen LogP contribution in [0, 0.1) is 15.9 Å². The van der Waals surface area contributed by atoms with Crippen LogP contribution >= 0.6 is 0 Å². The minimum atomic E-state index is -3.24. The van der Waals surface area contributed by atoms with E-state index in [0.717, 1.165) is 12.1 Å². The molecule has 0 unspecified atom stereocenters. The Hall–Kier alpha value is -3.91. The van der Waals surface area contributed by atoms with Crippen molar-refractivity contribution in [3.8, 4) is 11.5 Å². The summed E-state index contributed by atoms with van der Waals surface area (Å²) in [7, 11) is -3.24. The Morgan fingerprint density at radius 1 is 1.06 bits per heavy atom. The standard InChI is InChI=1S/C20H20FN7O5S/c1-34(31,32)27-10-8-26(9-11-27)20-23-7-5-18(25-20)24-19-13-15(4-6-22-19)33-17-3-2-14(28(29)30)12-16(17)21/h2-7,12-13H,8-11H2,1H3,(H,22,23,24,25). The van der Waals surface area contributed by atoms with Gasteiger partial charge < -0.3 is 15.0 Å². The van der Waals surface area contributed by atoms with Crippen molar-refractivity contribution in [3.63, 3.8) is 0 Å². The quantitative estimate of drug-likeness (QED) is 0.388. The number of sulfonamides is 1. The van der Waals surface area contributed by atoms with Crippen molar-refractivity contribution in [2.24, 2.45) is 0 Å². The van der Waals surface area contributed by atoms with Crippen molar-refractivity contribution in [1.82, 2.24) is 19.3 Å². The highest BCUT2D eigenvalue weighted by atomic mass is 32.2. The summed E-state index contributed by atoms with van der Waals surface area (Å²) < 4.78 is 44.4. The average Bonchev–Trinajstić information content (AvgIpc) is 2.80. The fraction of sp³-hybridized carbons (Fsp3) is 0.250. The number of pyridine rings is 1. The molecule has 0 atom stereocenters. The second kappa shape index (κ2) is 9.52. The van der Waals surface area contributed by atoms with Gasteiger partial charge in [0.1, 0.15) is 17.4 Å². The normalized spacial score (nSPS) is 14.6. The van der Waals surface area contributed by atoms with E-state index in [0.29, 0.717) is 43.8 Å². The van der Waals surface area contributed by atoms with Crippen LogP contribution in [-0.4, -0.2) is 65.0 Å². The molecule has 0 amide bonds. The summed E-state index contributed by atoms with van der Waals surface area (Å²) in [6.07, 6.45) is 4.21. The van der Waals surface area contributed by atoms with Crippen LogP contribution in [0.1, 0.15) is 0 Å². The van der Waals surface area contributed by atoms with Crippen LogP contribution in [0.15, 0.2) is 48.8 Å². The van der Waals surface area contributed by atoms with E-state index in [1.807, 2.05) is 4.90 Å². The largest absolute Gasteiger partial charge is 0.454 e. The number of non-ortho nitro benzene ring substituents is 1. The number of halogens is 1. The van der Waals surface area contributed by atoms with Gasteiger partial charge in [0.05, 0.1) is 17.2 Å². The smallest absolute Gasteiger partial charge is 0.272 e. The van der Waals surface area contributed by atoms with Crippen LogP contribution < -0.4 is 15.0 Å². The minimum Gasteiger partial charge on any atom is -0.454 e. The van der Waals surface area contributed by atoms with Gasteiger partial charge in [0.25, 0.3) is 5.69 Å². The molecule has 0 bridgehead atoms. The van der Waals surface area contributed by atoms with Gasteiger partial charge in [0.2, 0.25) is 16.0 Å². The first-order valence-electron chi connectivity index (χ1n) is 10.1. The SMILES string of the molecule is CS(=O)(=O)N1CCN(c2nccc(Nc3cc(Oc4ccc([N+](=O)[O-])cc4F)ccn3)n2)CC1. The number of rotatable bonds is 7. The molecule has 0 aliphatic carbocycles. The van der Waals surface area contributed by atoms with Crippen LogP contribution in [0.2, 0.25) is 0 Å². The number of nitrogens with zero attached hydrogens (tertiary/aromatic N) is 6. The lowest BCUT2D eigenvalue weighted by Crippen LogP contribution is -2.48. The molecule has 0 radical (unpaired) electrons. The van der Waals surface area contributed by atoms with Crippen molar-refractivity contribution < 1.29 is 22.5 Å². The number of ether oxygens (including phenoxy) is 1. The lowest BCUT2D eigenvalue weighted by molar-refractivity contribution is -0.385. The first kappa shape index (κ1) is 23.3. The van der Waals surface area contributed by atoms with E-state index >= 15 is 0 Å². The fourth-order valence-electron chi connectivity index (χ4n) is 3.28. The molecule has 1 aromatic carbocycles. The minimum absolute atomic E-state index is 0.166. The number of nitrogens with one attached hydrogen (secondary N) is 1. The summed E-state index contributed by atoms with van der Waals surface area (Å²) in [5.74, 6) is 0.486. The number of aromatic nitrogens is 3. The molecule has 1 aliphatic heterocycles. The Bertz CT molecular complexity index is 1320. The van der Waals surface area contributed by atoms with Gasteiger partial charge in [0.15, 0.2) is 11.6 Å². The van der Waals surface area contributed by atoms with Gasteiger partial charge in [0, 0.05) is 50.7 Å². The van der Waals surface area contributed by atoms with Crippen molar-refractivity contribution in [1.29, 1.82) is 0 Å². The van der Waals surface area contributed by atoms with Gasteiger partial charge in [-0.3, -0.25) is 10.1 Å². The number of anilines is 3. The molecule has 14 heteroatoms. The predicted octanol–water partition coefficient (Wildman–Crippen LogP) is 2.54. The fourth-order valence-corrected chi connectivity index (χ4v) is 4.10. The molecule has 3 aromatic rings. The summed E-state index contributed by atoms with van der Waals surface area (Å²) in [5, 5.41) is 13.8. The second-order valence-electron chi connectivity index (χ2n) is 7.37. The monoisotopic (exact) mass is 489 g/mol. The number of nitro groups is 1. The molecule has 1 saturated heterocycles. The molecule has 0 spiro atoms. The molecule has 12 nitrogen and oxygen atoms in total. The van der Waals surface area contributed by atoms with Crippen molar-refractivity contribution in [3.05, 3.63) is 64.7 Å². The maximum absolute atomic E-state index is 14.1. The molecule has 1 N–H and O–H groups in total. The van der Waals surface area contributed by atoms with Crippen LogP contribution in [0.5, 0.6) is 11.5 Å². The Balaban J connectivity index is 1.44. The molecule has 2 aromatic heterocycles. The molecule has 34 heavy (non-hydrogen) atoms. The van der Waals surface area contributed by atoms with E-state index in [4.69, 9.17) is 4.74 Å². The van der Waals surface area contributed by atoms with Crippen LogP contribution in [0.25, 0.3) is 0 Å². The molecule has 0 saturated carbocycles. The van der Waals surface area contributed by atoms with E-state index in [9.17, 15) is 22.9 Å². The number of piperazine rings is 1. The molecule has 3 heterocycles. The Labute approximate surface area is 194 Å². The van der Waals surface area contributed by atoms with E-state index in [2.05, 4.69) is 20.3 Å². The number of benzene rings is 1. The highest BCUT2D eigenvalue weighted by molar-refractivity contribution is 7.88. The van der Waals surface area contributed by atoms with E-state index < -0.39 is 20.8 Å². The van der Waals surface area contributed by atoms with Crippen LogP contribution in [0.3, 0.4) is 0 Å². The van der Waals surface area contributed by atoms with Crippen molar-refractivity contribution in [2.75, 3.05) is 42.7 Å². The third kappa shape index (κ3) is 5.52. The number of nitro benzene ring substituents is 1. The average molecular weight is 489 g/mol. The van der Waals surface area contributed by atoms with Crippen LogP contribution in [-0.2, 0) is 10.0 Å². The van der Waals surface area contributed by atoms with Crippen molar-refractivity contribution >= 4 is 33.3 Å². The molecule has 4 rings (SSSR count). The number of hydrogen-bond donors (Lipinski definition) is 1. The molecule has 1 fully saturated rings. The van der Waals surface area contributed by atoms with Gasteiger partial charge in [-0.05, 0) is 18.2 Å². The summed E-state index contributed by atoms with van der Waals surface area (Å²) in [6.45, 7) is 1.61. The van der Waals surface area contributed by atoms with Gasteiger partial charge >= 0.3 is 0 Å². The topological polar surface area (TPSA) is 144 Å². The van der Waals surface area contributed by atoms with Gasteiger partial charge in [-0.15, -0.1) is 0 Å². The van der Waals surface area contributed by atoms with Crippen LogP contribution in [0.4, 0.5) is 27.7 Å². The van der Waals surface area contributed by atoms with Gasteiger partial charge in [-0.25, -0.2) is 22.8 Å². The van der Waals surface area contributed by atoms with Gasteiger partial charge in [-0.2, -0.15) is 9.29 Å². The lowest BCUT2D eigenvalue weighted by atomic mass is 10.3. The van der Waals surface area contributed by atoms with E-state index in [-0.39, 0.29) is 17.2 Å². The zero-order valence-corrected chi connectivity index (χ0v) is 18.8. The maximum Gasteiger partial charge on any atom is 0.272 e. The summed E-state index contributed by atoms with van der Waals surface area (Å²) in [4.78, 5) is 24.9. The van der Waals surface area contributed by atoms with Gasteiger partial charge in [-0.1, -0.05) is 0 Å². The second-order valence-corrected chi connectivity index (χ2v) is 9.35. The lowest BCUT2D eigenvalue weighted by Gasteiger charge is -2.33. The Morgan fingerprint density at radius 2 is 1.79 bits per heavy atom. The predicted molar refractivity (Wildman–Crippen MR) is 121 cm³/mol. The van der Waals surface area contributed by atoms with Crippen molar-refractivity contribution in [2.45, 2.75) is 0 Å². The first-order valence-corrected chi connectivity index (χ1v) is 11.9. The highest BCUT2D eigenvalue weighted by Gasteiger charge is 2.24. The summed E-state index contributed by atoms with van der Waals surface area (Å²) >= 11 is 0. The zero-order valence-electron chi connectivity index (χ0n) is 18.0. The maximum atomic E-state index is 14.1. The molecular formula is C20H20FN7O5S. The highest BCUT2D eigenvalue weighted by Crippen LogP contribution is 2.29.